The van der Waals surface area contributed by atoms with Crippen LogP contribution in [0, 0.1) is 0 Å². The number of nitrogens with zero attached hydrogens (tertiary/aromatic N) is 4. The molecule has 2 aromatic carbocycles. The molecule has 0 amide bonds. The number of ether oxygens (including phenoxy) is 3. The van der Waals surface area contributed by atoms with Gasteiger partial charge in [-0.15, -0.1) is 0 Å². The topological polar surface area (TPSA) is 60.0 Å². The van der Waals surface area contributed by atoms with Crippen LogP contribution in [-0.2, 0) is 13.1 Å². The van der Waals surface area contributed by atoms with Crippen molar-refractivity contribution in [3.8, 4) is 39.8 Å². The van der Waals surface area contributed by atoms with Gasteiger partial charge in [-0.1, -0.05) is 23.7 Å². The SMILES string of the molecule is COc1cc(-c2cc(CN3CCN(Cc4ccnc(-c5ccc(Cl)cc5)c4)CC3)ccn2)cc(OC)c1OC. The number of pyridine rings is 2. The first-order valence-corrected chi connectivity index (χ1v) is 13.3. The Morgan fingerprint density at radius 2 is 1.13 bits per heavy atom. The molecule has 0 atom stereocenters. The summed E-state index contributed by atoms with van der Waals surface area (Å²) in [5.74, 6) is 1.81. The molecule has 0 unspecified atom stereocenters. The van der Waals surface area contributed by atoms with E-state index in [4.69, 9.17) is 25.8 Å². The lowest BCUT2D eigenvalue weighted by molar-refractivity contribution is 0.122. The summed E-state index contributed by atoms with van der Waals surface area (Å²) in [6.45, 7) is 5.85. The maximum atomic E-state index is 6.04. The lowest BCUT2D eigenvalue weighted by Crippen LogP contribution is -2.45. The Morgan fingerprint density at radius 3 is 1.59 bits per heavy atom. The highest BCUT2D eigenvalue weighted by Gasteiger charge is 2.19. The Morgan fingerprint density at radius 1 is 0.641 bits per heavy atom. The second-order valence-electron chi connectivity index (χ2n) is 9.57. The van der Waals surface area contributed by atoms with Crippen LogP contribution in [0.1, 0.15) is 11.1 Å². The molecule has 8 heteroatoms. The van der Waals surface area contributed by atoms with Crippen LogP contribution in [-0.4, -0.2) is 67.3 Å². The van der Waals surface area contributed by atoms with Crippen molar-refractivity contribution in [2.75, 3.05) is 47.5 Å². The van der Waals surface area contributed by atoms with Gasteiger partial charge in [-0.05, 0) is 59.7 Å². The Bertz CT molecular complexity index is 1380. The van der Waals surface area contributed by atoms with Crippen molar-refractivity contribution in [2.24, 2.45) is 0 Å². The van der Waals surface area contributed by atoms with Gasteiger partial charge in [-0.25, -0.2) is 0 Å². The van der Waals surface area contributed by atoms with Crippen molar-refractivity contribution in [1.29, 1.82) is 0 Å². The third-order valence-corrected chi connectivity index (χ3v) is 7.28. The van der Waals surface area contributed by atoms with Gasteiger partial charge in [0.25, 0.3) is 0 Å². The van der Waals surface area contributed by atoms with Gasteiger partial charge in [-0.2, -0.15) is 0 Å². The molecule has 0 radical (unpaired) electrons. The average Bonchev–Trinajstić information content (AvgIpc) is 2.98. The third kappa shape index (κ3) is 6.50. The molecule has 1 fully saturated rings. The maximum Gasteiger partial charge on any atom is 0.203 e. The highest BCUT2D eigenvalue weighted by molar-refractivity contribution is 6.30. The molecule has 0 bridgehead atoms. The van der Waals surface area contributed by atoms with Crippen LogP contribution in [0.15, 0.2) is 73.1 Å². The van der Waals surface area contributed by atoms with Crippen molar-refractivity contribution in [3.63, 3.8) is 0 Å². The molecule has 7 nitrogen and oxygen atoms in total. The van der Waals surface area contributed by atoms with E-state index in [0.29, 0.717) is 17.2 Å². The molecule has 1 saturated heterocycles. The fourth-order valence-electron chi connectivity index (χ4n) is 4.93. The van der Waals surface area contributed by atoms with Gasteiger partial charge in [0.2, 0.25) is 5.75 Å². The predicted molar refractivity (Wildman–Crippen MR) is 155 cm³/mol. The fraction of sp³-hybridized carbons (Fsp3) is 0.290. The Hall–Kier alpha value is -3.65. The van der Waals surface area contributed by atoms with Crippen molar-refractivity contribution < 1.29 is 14.2 Å². The minimum Gasteiger partial charge on any atom is -0.493 e. The molecular weight excluding hydrogens is 512 g/mol. The van der Waals surface area contributed by atoms with Crippen LogP contribution < -0.4 is 14.2 Å². The lowest BCUT2D eigenvalue weighted by atomic mass is 10.1. The molecule has 5 rings (SSSR count). The summed E-state index contributed by atoms with van der Waals surface area (Å²) >= 11 is 6.04. The zero-order chi connectivity index (χ0) is 27.2. The maximum absolute atomic E-state index is 6.04. The largest absolute Gasteiger partial charge is 0.493 e. The molecule has 39 heavy (non-hydrogen) atoms. The summed E-state index contributed by atoms with van der Waals surface area (Å²) in [7, 11) is 4.85. The average molecular weight is 545 g/mol. The zero-order valence-corrected chi connectivity index (χ0v) is 23.3. The second-order valence-corrected chi connectivity index (χ2v) is 10.0. The summed E-state index contributed by atoms with van der Waals surface area (Å²) in [4.78, 5) is 14.2. The van der Waals surface area contributed by atoms with Gasteiger partial charge >= 0.3 is 0 Å². The highest BCUT2D eigenvalue weighted by atomic mass is 35.5. The lowest BCUT2D eigenvalue weighted by Gasteiger charge is -2.34. The summed E-state index contributed by atoms with van der Waals surface area (Å²) < 4.78 is 16.5. The summed E-state index contributed by atoms with van der Waals surface area (Å²) in [6.07, 6.45) is 3.76. The van der Waals surface area contributed by atoms with E-state index in [2.05, 4.69) is 44.0 Å². The molecule has 4 aromatic rings. The molecule has 0 aliphatic carbocycles. The molecule has 2 aromatic heterocycles. The number of aromatic nitrogens is 2. The zero-order valence-electron chi connectivity index (χ0n) is 22.6. The van der Waals surface area contributed by atoms with Gasteiger partial charge in [0.1, 0.15) is 0 Å². The van der Waals surface area contributed by atoms with Crippen molar-refractivity contribution in [3.05, 3.63) is 89.2 Å². The Kier molecular flexibility index (Phi) is 8.61. The normalized spacial score (nSPS) is 14.3. The standard InChI is InChI=1S/C31H33ClN4O3/c1-37-29-18-25(19-30(38-2)31(29)39-3)28-17-23(9-11-34-28)21-36-14-12-35(13-15-36)20-22-8-10-33-27(16-22)24-4-6-26(32)7-5-24/h4-11,16-19H,12-15,20-21H2,1-3H3. The van der Waals surface area contributed by atoms with Crippen molar-refractivity contribution in [2.45, 2.75) is 13.1 Å². The first kappa shape index (κ1) is 26.9. The summed E-state index contributed by atoms with van der Waals surface area (Å²) in [5, 5.41) is 0.733. The summed E-state index contributed by atoms with van der Waals surface area (Å²) in [5.41, 5.74) is 6.35. The smallest absolute Gasteiger partial charge is 0.203 e. The first-order chi connectivity index (χ1) is 19.1. The Balaban J connectivity index is 1.20. The molecule has 1 aliphatic rings. The number of rotatable bonds is 9. The number of hydrogen-bond acceptors (Lipinski definition) is 7. The summed E-state index contributed by atoms with van der Waals surface area (Å²) in [6, 6.07) is 20.2. The monoisotopic (exact) mass is 544 g/mol. The number of methoxy groups -OCH3 is 3. The van der Waals surface area contributed by atoms with Crippen LogP contribution in [0.3, 0.4) is 0 Å². The number of benzene rings is 2. The van der Waals surface area contributed by atoms with Gasteiger partial charge in [0.05, 0.1) is 32.7 Å². The molecule has 0 saturated carbocycles. The van der Waals surface area contributed by atoms with E-state index in [1.54, 1.807) is 21.3 Å². The fourth-order valence-corrected chi connectivity index (χ4v) is 5.06. The van der Waals surface area contributed by atoms with E-state index in [1.165, 1.54) is 11.1 Å². The highest BCUT2D eigenvalue weighted by Crippen LogP contribution is 2.40. The molecule has 202 valence electrons. The molecule has 0 N–H and O–H groups in total. The van der Waals surface area contributed by atoms with Crippen LogP contribution in [0.2, 0.25) is 5.02 Å². The van der Waals surface area contributed by atoms with Crippen molar-refractivity contribution >= 4 is 11.6 Å². The first-order valence-electron chi connectivity index (χ1n) is 13.0. The van der Waals surface area contributed by atoms with E-state index >= 15 is 0 Å². The van der Waals surface area contributed by atoms with E-state index in [-0.39, 0.29) is 0 Å². The quantitative estimate of drug-likeness (QED) is 0.263. The van der Waals surface area contributed by atoms with Crippen LogP contribution >= 0.6 is 11.6 Å². The van der Waals surface area contributed by atoms with E-state index < -0.39 is 0 Å². The molecule has 3 heterocycles. The minimum atomic E-state index is 0.575. The molecular formula is C31H33ClN4O3. The van der Waals surface area contributed by atoms with Crippen LogP contribution in [0.5, 0.6) is 17.2 Å². The van der Waals surface area contributed by atoms with Crippen molar-refractivity contribution in [1.82, 2.24) is 19.8 Å². The van der Waals surface area contributed by atoms with E-state index in [1.807, 2.05) is 48.8 Å². The van der Waals surface area contributed by atoms with E-state index in [9.17, 15) is 0 Å². The second kappa shape index (κ2) is 12.5. The number of hydrogen-bond donors (Lipinski definition) is 0. The van der Waals surface area contributed by atoms with E-state index in [0.717, 1.165) is 66.8 Å². The molecule has 1 aliphatic heterocycles. The van der Waals surface area contributed by atoms with Gasteiger partial charge in [0.15, 0.2) is 11.5 Å². The van der Waals surface area contributed by atoms with Gasteiger partial charge in [0, 0.05) is 67.8 Å². The van der Waals surface area contributed by atoms with Gasteiger partial charge in [-0.3, -0.25) is 19.8 Å². The number of halogens is 1. The minimum absolute atomic E-state index is 0.575. The molecule has 0 spiro atoms. The van der Waals surface area contributed by atoms with Crippen LogP contribution in [0.4, 0.5) is 0 Å². The third-order valence-electron chi connectivity index (χ3n) is 7.03. The van der Waals surface area contributed by atoms with Gasteiger partial charge < -0.3 is 14.2 Å². The van der Waals surface area contributed by atoms with Crippen LogP contribution in [0.25, 0.3) is 22.5 Å². The number of piperazine rings is 1. The Labute approximate surface area is 234 Å². The predicted octanol–water partition coefficient (Wildman–Crippen LogP) is 5.81.